The van der Waals surface area contributed by atoms with E-state index < -0.39 is 17.7 Å². The smallest absolute Gasteiger partial charge is 0.407 e. The molecular formula is C11H11BrF2N2O2. The monoisotopic (exact) mass is 320 g/mol. The van der Waals surface area contributed by atoms with Crippen LogP contribution in [0.15, 0.2) is 16.6 Å². The summed E-state index contributed by atoms with van der Waals surface area (Å²) in [5, 5.41) is 2.33. The average Bonchev–Trinajstić information content (AvgIpc) is 2.28. The molecule has 0 aromatic heterocycles. The molecule has 0 bridgehead atoms. The standard InChI is InChI=1S/C11H11BrF2N2O2/c1-15-11(17)18-6-4-16(5-6)10-3-8(13)7(12)2-9(10)14/h2-3,6H,4-5H2,1H3,(H,15,17). The number of nitrogens with zero attached hydrogens (tertiary/aromatic N) is 1. The van der Waals surface area contributed by atoms with Crippen molar-refractivity contribution in [2.45, 2.75) is 6.10 Å². The van der Waals surface area contributed by atoms with Crippen molar-refractivity contribution in [3.63, 3.8) is 0 Å². The van der Waals surface area contributed by atoms with Gasteiger partial charge in [0.05, 0.1) is 23.2 Å². The number of nitrogens with one attached hydrogen (secondary N) is 1. The molecule has 7 heteroatoms. The van der Waals surface area contributed by atoms with Gasteiger partial charge in [0, 0.05) is 13.1 Å². The Morgan fingerprint density at radius 1 is 1.44 bits per heavy atom. The van der Waals surface area contributed by atoms with Gasteiger partial charge >= 0.3 is 6.09 Å². The molecule has 2 rings (SSSR count). The zero-order valence-electron chi connectivity index (χ0n) is 9.54. The number of hydrogen-bond acceptors (Lipinski definition) is 3. The Labute approximate surface area is 111 Å². The third-order valence-electron chi connectivity index (χ3n) is 2.66. The van der Waals surface area contributed by atoms with Gasteiger partial charge in [-0.25, -0.2) is 13.6 Å². The summed E-state index contributed by atoms with van der Waals surface area (Å²) in [5.74, 6) is -1.04. The Balaban J connectivity index is 2.00. The minimum absolute atomic E-state index is 0.0856. The molecule has 0 unspecified atom stereocenters. The van der Waals surface area contributed by atoms with Gasteiger partial charge in [-0.1, -0.05) is 0 Å². The lowest BCUT2D eigenvalue weighted by atomic mass is 10.1. The van der Waals surface area contributed by atoms with Crippen LogP contribution in [0.3, 0.4) is 0 Å². The highest BCUT2D eigenvalue weighted by Crippen LogP contribution is 2.29. The number of alkyl carbamates (subject to hydrolysis) is 1. The quantitative estimate of drug-likeness (QED) is 0.850. The molecule has 0 radical (unpaired) electrons. The second-order valence-corrected chi connectivity index (χ2v) is 4.75. The fourth-order valence-electron chi connectivity index (χ4n) is 1.67. The molecule has 18 heavy (non-hydrogen) atoms. The van der Waals surface area contributed by atoms with Crippen LogP contribution >= 0.6 is 15.9 Å². The van der Waals surface area contributed by atoms with E-state index in [4.69, 9.17) is 4.74 Å². The van der Waals surface area contributed by atoms with Gasteiger partial charge in [-0.15, -0.1) is 0 Å². The molecular weight excluding hydrogens is 310 g/mol. The molecule has 1 heterocycles. The largest absolute Gasteiger partial charge is 0.442 e. The Bertz CT molecular complexity index is 478. The number of hydrogen-bond donors (Lipinski definition) is 1. The van der Waals surface area contributed by atoms with E-state index in [-0.39, 0.29) is 16.3 Å². The third kappa shape index (κ3) is 2.55. The molecule has 1 amide bonds. The van der Waals surface area contributed by atoms with Crippen LogP contribution < -0.4 is 10.2 Å². The molecule has 4 nitrogen and oxygen atoms in total. The van der Waals surface area contributed by atoms with Crippen molar-refractivity contribution in [1.82, 2.24) is 5.32 Å². The second kappa shape index (κ2) is 5.09. The average molecular weight is 321 g/mol. The predicted molar refractivity (Wildman–Crippen MR) is 65.6 cm³/mol. The highest BCUT2D eigenvalue weighted by Gasteiger charge is 2.32. The topological polar surface area (TPSA) is 41.6 Å². The summed E-state index contributed by atoms with van der Waals surface area (Å²) in [5.41, 5.74) is 0.174. The van der Waals surface area contributed by atoms with Crippen molar-refractivity contribution >= 4 is 27.7 Å². The van der Waals surface area contributed by atoms with Crippen molar-refractivity contribution in [2.75, 3.05) is 25.0 Å². The van der Waals surface area contributed by atoms with Crippen LogP contribution in [0, 0.1) is 11.6 Å². The Morgan fingerprint density at radius 3 is 2.72 bits per heavy atom. The first-order valence-electron chi connectivity index (χ1n) is 5.29. The SMILES string of the molecule is CNC(=O)OC1CN(c2cc(F)c(Br)cc2F)C1. The molecule has 1 saturated heterocycles. The van der Waals surface area contributed by atoms with Gasteiger partial charge in [-0.05, 0) is 22.0 Å². The number of benzene rings is 1. The van der Waals surface area contributed by atoms with Crippen LogP contribution in [0.2, 0.25) is 0 Å². The van der Waals surface area contributed by atoms with E-state index in [9.17, 15) is 13.6 Å². The number of amides is 1. The fourth-order valence-corrected chi connectivity index (χ4v) is 1.99. The van der Waals surface area contributed by atoms with Gasteiger partial charge in [-0.3, -0.25) is 0 Å². The summed E-state index contributed by atoms with van der Waals surface area (Å²) in [4.78, 5) is 12.5. The first-order valence-corrected chi connectivity index (χ1v) is 6.08. The summed E-state index contributed by atoms with van der Waals surface area (Å²) >= 11 is 2.91. The molecule has 98 valence electrons. The Kier molecular flexibility index (Phi) is 3.70. The number of carbonyl (C=O) groups excluding carboxylic acids is 1. The first-order chi connectivity index (χ1) is 8.51. The van der Waals surface area contributed by atoms with Crippen LogP contribution in [-0.2, 0) is 4.74 Å². The van der Waals surface area contributed by atoms with Gasteiger partial charge < -0.3 is 15.0 Å². The van der Waals surface area contributed by atoms with Crippen molar-refractivity contribution < 1.29 is 18.3 Å². The molecule has 1 N–H and O–H groups in total. The van der Waals surface area contributed by atoms with Gasteiger partial charge in [0.25, 0.3) is 0 Å². The normalized spacial score (nSPS) is 15.2. The van der Waals surface area contributed by atoms with Gasteiger partial charge in [-0.2, -0.15) is 0 Å². The summed E-state index contributed by atoms with van der Waals surface area (Å²) in [6, 6.07) is 2.20. The highest BCUT2D eigenvalue weighted by atomic mass is 79.9. The van der Waals surface area contributed by atoms with Crippen LogP contribution in [0.1, 0.15) is 0 Å². The van der Waals surface area contributed by atoms with E-state index in [1.54, 1.807) is 4.90 Å². The van der Waals surface area contributed by atoms with Crippen LogP contribution in [0.4, 0.5) is 19.3 Å². The van der Waals surface area contributed by atoms with Crippen molar-refractivity contribution in [1.29, 1.82) is 0 Å². The van der Waals surface area contributed by atoms with Crippen LogP contribution in [0.25, 0.3) is 0 Å². The van der Waals surface area contributed by atoms with E-state index in [0.717, 1.165) is 12.1 Å². The maximum atomic E-state index is 13.6. The number of carbonyl (C=O) groups is 1. The minimum Gasteiger partial charge on any atom is -0.442 e. The van der Waals surface area contributed by atoms with Crippen molar-refractivity contribution in [3.05, 3.63) is 28.2 Å². The fraction of sp³-hybridized carbons (Fsp3) is 0.364. The number of rotatable bonds is 2. The van der Waals surface area contributed by atoms with Gasteiger partial charge in [0.2, 0.25) is 0 Å². The molecule has 1 aromatic carbocycles. The van der Waals surface area contributed by atoms with Crippen molar-refractivity contribution in [2.24, 2.45) is 0 Å². The van der Waals surface area contributed by atoms with E-state index in [1.165, 1.54) is 7.05 Å². The third-order valence-corrected chi connectivity index (χ3v) is 3.26. The molecule has 0 saturated carbocycles. The van der Waals surface area contributed by atoms with Gasteiger partial charge in [0.1, 0.15) is 17.7 Å². The summed E-state index contributed by atoms with van der Waals surface area (Å²) < 4.78 is 32.0. The molecule has 1 aliphatic heterocycles. The number of halogens is 3. The highest BCUT2D eigenvalue weighted by molar-refractivity contribution is 9.10. The Hall–Kier alpha value is -1.37. The molecule has 1 aliphatic rings. The van der Waals surface area contributed by atoms with E-state index in [0.29, 0.717) is 13.1 Å². The molecule has 0 atom stereocenters. The van der Waals surface area contributed by atoms with Crippen LogP contribution in [-0.4, -0.2) is 32.3 Å². The van der Waals surface area contributed by atoms with Crippen LogP contribution in [0.5, 0.6) is 0 Å². The van der Waals surface area contributed by atoms with E-state index in [1.807, 2.05) is 0 Å². The van der Waals surface area contributed by atoms with E-state index in [2.05, 4.69) is 21.2 Å². The molecule has 1 fully saturated rings. The first kappa shape index (κ1) is 13.1. The Morgan fingerprint density at radius 2 is 2.11 bits per heavy atom. The predicted octanol–water partition coefficient (Wildman–Crippen LogP) is 2.27. The number of anilines is 1. The molecule has 0 spiro atoms. The van der Waals surface area contributed by atoms with Crippen molar-refractivity contribution in [3.8, 4) is 0 Å². The lowest BCUT2D eigenvalue weighted by molar-refractivity contribution is 0.0824. The lowest BCUT2D eigenvalue weighted by Gasteiger charge is -2.40. The number of ether oxygens (including phenoxy) is 1. The summed E-state index contributed by atoms with van der Waals surface area (Å²) in [7, 11) is 1.46. The lowest BCUT2D eigenvalue weighted by Crippen LogP contribution is -2.54. The summed E-state index contributed by atoms with van der Waals surface area (Å²) in [6.07, 6.45) is -0.821. The zero-order chi connectivity index (χ0) is 13.3. The molecule has 1 aromatic rings. The van der Waals surface area contributed by atoms with Gasteiger partial charge in [0.15, 0.2) is 0 Å². The maximum absolute atomic E-state index is 13.6. The minimum atomic E-state index is -0.526. The summed E-state index contributed by atoms with van der Waals surface area (Å²) in [6.45, 7) is 0.705. The second-order valence-electron chi connectivity index (χ2n) is 3.90. The van der Waals surface area contributed by atoms with E-state index >= 15 is 0 Å². The maximum Gasteiger partial charge on any atom is 0.407 e. The molecule has 0 aliphatic carbocycles. The zero-order valence-corrected chi connectivity index (χ0v) is 11.1.